The molecule has 0 atom stereocenters. The summed E-state index contributed by atoms with van der Waals surface area (Å²) in [4.78, 5) is 20.7. The van der Waals surface area contributed by atoms with Crippen LogP contribution in [0.5, 0.6) is 0 Å². The summed E-state index contributed by atoms with van der Waals surface area (Å²) in [5, 5.41) is 8.11. The maximum absolute atomic E-state index is 13.7. The zero-order valence-electron chi connectivity index (χ0n) is 15.3. The molecule has 146 valence electrons. The summed E-state index contributed by atoms with van der Waals surface area (Å²) in [5.74, 6) is -1.97. The van der Waals surface area contributed by atoms with Crippen molar-refractivity contribution in [2.45, 2.75) is 11.9 Å². The van der Waals surface area contributed by atoms with E-state index in [1.54, 1.807) is 10.9 Å². The van der Waals surface area contributed by atoms with Crippen LogP contribution in [0.4, 0.5) is 14.5 Å². The Bertz CT molecular complexity index is 1190. The summed E-state index contributed by atoms with van der Waals surface area (Å²) in [5.41, 5.74) is 2.55. The Balaban J connectivity index is 1.51. The topological polar surface area (TPSA) is 72.7 Å². The molecule has 9 heteroatoms. The average molecular weight is 411 g/mol. The van der Waals surface area contributed by atoms with Gasteiger partial charge in [0.05, 0.1) is 28.7 Å². The fraction of sp³-hybridized carbons (Fsp3) is 0.100. The molecule has 4 rings (SSSR count). The highest BCUT2D eigenvalue weighted by molar-refractivity contribution is 8.00. The van der Waals surface area contributed by atoms with Crippen LogP contribution in [-0.4, -0.2) is 31.4 Å². The van der Waals surface area contributed by atoms with Crippen molar-refractivity contribution < 1.29 is 13.6 Å². The molecular formula is C20H15F2N5OS. The van der Waals surface area contributed by atoms with Crippen molar-refractivity contribution in [3.05, 3.63) is 72.2 Å². The molecule has 0 aliphatic rings. The van der Waals surface area contributed by atoms with E-state index in [1.165, 1.54) is 24.2 Å². The fourth-order valence-corrected chi connectivity index (χ4v) is 3.48. The number of hydrogen-bond donors (Lipinski definition) is 1. The molecule has 4 aromatic rings. The lowest BCUT2D eigenvalue weighted by Gasteiger charge is -2.07. The van der Waals surface area contributed by atoms with E-state index in [2.05, 4.69) is 20.4 Å². The second-order valence-electron chi connectivity index (χ2n) is 6.27. The van der Waals surface area contributed by atoms with Crippen LogP contribution in [0.3, 0.4) is 0 Å². The molecule has 2 aromatic heterocycles. The predicted octanol–water partition coefficient (Wildman–Crippen LogP) is 4.13. The highest BCUT2D eigenvalue weighted by Crippen LogP contribution is 2.26. The highest BCUT2D eigenvalue weighted by Gasteiger charge is 2.14. The molecule has 0 fully saturated rings. The molecule has 1 N–H and O–H groups in total. The number of carbonyl (C=O) groups excluding carboxylic acids is 1. The smallest absolute Gasteiger partial charge is 0.234 e. The van der Waals surface area contributed by atoms with Gasteiger partial charge in [0.2, 0.25) is 5.91 Å². The summed E-state index contributed by atoms with van der Waals surface area (Å²) < 4.78 is 28.3. The molecule has 0 saturated heterocycles. The van der Waals surface area contributed by atoms with Gasteiger partial charge in [-0.15, -0.1) is 0 Å². The van der Waals surface area contributed by atoms with Crippen LogP contribution in [0.25, 0.3) is 16.7 Å². The van der Waals surface area contributed by atoms with E-state index in [1.807, 2.05) is 31.2 Å². The second kappa shape index (κ2) is 7.96. The van der Waals surface area contributed by atoms with Crippen LogP contribution < -0.4 is 5.32 Å². The number of nitrogens with one attached hydrogen (secondary N) is 1. The second-order valence-corrected chi connectivity index (χ2v) is 7.23. The van der Waals surface area contributed by atoms with E-state index in [0.29, 0.717) is 16.1 Å². The first-order valence-electron chi connectivity index (χ1n) is 8.65. The van der Waals surface area contributed by atoms with E-state index in [0.717, 1.165) is 23.4 Å². The zero-order chi connectivity index (χ0) is 20.4. The van der Waals surface area contributed by atoms with Gasteiger partial charge < -0.3 is 5.32 Å². The summed E-state index contributed by atoms with van der Waals surface area (Å²) in [6, 6.07) is 10.8. The molecular weight excluding hydrogens is 396 g/mol. The molecule has 0 saturated carbocycles. The van der Waals surface area contributed by atoms with Gasteiger partial charge in [-0.05, 0) is 31.2 Å². The quantitative estimate of drug-likeness (QED) is 0.395. The predicted molar refractivity (Wildman–Crippen MR) is 107 cm³/mol. The average Bonchev–Trinajstić information content (AvgIpc) is 3.14. The van der Waals surface area contributed by atoms with Crippen molar-refractivity contribution in [2.24, 2.45) is 0 Å². The standard InChI is InChI=1S/C20H15F2N5OS/c1-12-2-5-14(6-3-12)27-19-15(9-25-27)20(24-11-23-19)29-10-18(28)26-17-7-4-13(21)8-16(17)22/h2-9,11H,10H2,1H3,(H,26,28). The van der Waals surface area contributed by atoms with Gasteiger partial charge >= 0.3 is 0 Å². The van der Waals surface area contributed by atoms with Crippen molar-refractivity contribution in [3.63, 3.8) is 0 Å². The molecule has 0 bridgehead atoms. The number of carbonyl (C=O) groups is 1. The van der Waals surface area contributed by atoms with E-state index >= 15 is 0 Å². The van der Waals surface area contributed by atoms with Crippen LogP contribution in [0, 0.1) is 18.6 Å². The normalized spacial score (nSPS) is 11.0. The Kier molecular flexibility index (Phi) is 5.22. The van der Waals surface area contributed by atoms with Crippen LogP contribution in [0.15, 0.2) is 60.0 Å². The molecule has 0 radical (unpaired) electrons. The number of aryl methyl sites for hydroxylation is 1. The number of anilines is 1. The molecule has 0 aliphatic heterocycles. The molecule has 2 heterocycles. The Morgan fingerprint density at radius 1 is 1.14 bits per heavy atom. The lowest BCUT2D eigenvalue weighted by Crippen LogP contribution is -2.15. The van der Waals surface area contributed by atoms with E-state index in [9.17, 15) is 13.6 Å². The van der Waals surface area contributed by atoms with Crippen LogP contribution in [0.1, 0.15) is 5.56 Å². The summed E-state index contributed by atoms with van der Waals surface area (Å²) in [6.07, 6.45) is 3.06. The van der Waals surface area contributed by atoms with Crippen LogP contribution >= 0.6 is 11.8 Å². The van der Waals surface area contributed by atoms with Crippen molar-refractivity contribution in [2.75, 3.05) is 11.1 Å². The first kappa shape index (κ1) is 19.0. The summed E-state index contributed by atoms with van der Waals surface area (Å²) in [6.45, 7) is 2.00. The maximum atomic E-state index is 13.7. The number of benzene rings is 2. The first-order valence-corrected chi connectivity index (χ1v) is 9.63. The van der Waals surface area contributed by atoms with Crippen molar-refractivity contribution in [1.82, 2.24) is 19.7 Å². The number of aromatic nitrogens is 4. The Morgan fingerprint density at radius 3 is 2.69 bits per heavy atom. The first-order chi connectivity index (χ1) is 14.0. The molecule has 2 aromatic carbocycles. The number of hydrogen-bond acceptors (Lipinski definition) is 5. The number of rotatable bonds is 5. The molecule has 0 aliphatic carbocycles. The fourth-order valence-electron chi connectivity index (χ4n) is 2.72. The summed E-state index contributed by atoms with van der Waals surface area (Å²) >= 11 is 1.18. The van der Waals surface area contributed by atoms with Gasteiger partial charge in [0, 0.05) is 6.07 Å². The SMILES string of the molecule is Cc1ccc(-n2ncc3c(SCC(=O)Nc4ccc(F)cc4F)ncnc32)cc1. The largest absolute Gasteiger partial charge is 0.323 e. The van der Waals surface area contributed by atoms with E-state index < -0.39 is 17.5 Å². The molecule has 0 unspecified atom stereocenters. The van der Waals surface area contributed by atoms with Gasteiger partial charge in [-0.2, -0.15) is 5.10 Å². The number of amides is 1. The highest BCUT2D eigenvalue weighted by atomic mass is 32.2. The minimum Gasteiger partial charge on any atom is -0.323 e. The van der Waals surface area contributed by atoms with Crippen molar-refractivity contribution in [3.8, 4) is 5.69 Å². The van der Waals surface area contributed by atoms with Crippen molar-refractivity contribution in [1.29, 1.82) is 0 Å². The number of fused-ring (bicyclic) bond motifs is 1. The third kappa shape index (κ3) is 4.09. The van der Waals surface area contributed by atoms with Gasteiger partial charge in [-0.1, -0.05) is 29.5 Å². The zero-order valence-corrected chi connectivity index (χ0v) is 16.1. The maximum Gasteiger partial charge on any atom is 0.234 e. The van der Waals surface area contributed by atoms with Crippen molar-refractivity contribution >= 4 is 34.4 Å². The van der Waals surface area contributed by atoms with Crippen LogP contribution in [0.2, 0.25) is 0 Å². The molecule has 6 nitrogen and oxygen atoms in total. The van der Waals surface area contributed by atoms with Gasteiger partial charge in [-0.3, -0.25) is 4.79 Å². The van der Waals surface area contributed by atoms with Gasteiger partial charge in [0.15, 0.2) is 5.65 Å². The Morgan fingerprint density at radius 2 is 1.93 bits per heavy atom. The molecule has 29 heavy (non-hydrogen) atoms. The Hall–Kier alpha value is -3.33. The van der Waals surface area contributed by atoms with E-state index in [4.69, 9.17) is 0 Å². The third-order valence-corrected chi connectivity index (χ3v) is 5.16. The van der Waals surface area contributed by atoms with E-state index in [-0.39, 0.29) is 11.4 Å². The van der Waals surface area contributed by atoms with Gasteiger partial charge in [-0.25, -0.2) is 23.4 Å². The monoisotopic (exact) mass is 411 g/mol. The number of thioether (sulfide) groups is 1. The molecule has 1 amide bonds. The van der Waals surface area contributed by atoms with Gasteiger partial charge in [0.25, 0.3) is 0 Å². The minimum atomic E-state index is -0.827. The molecule has 0 spiro atoms. The lowest BCUT2D eigenvalue weighted by molar-refractivity contribution is -0.113. The third-order valence-electron chi connectivity index (χ3n) is 4.15. The Labute approximate surface area is 169 Å². The number of nitrogens with zero attached hydrogens (tertiary/aromatic N) is 4. The van der Waals surface area contributed by atoms with Crippen LogP contribution in [-0.2, 0) is 4.79 Å². The number of halogens is 2. The minimum absolute atomic E-state index is 0.00135. The van der Waals surface area contributed by atoms with Gasteiger partial charge in [0.1, 0.15) is 23.0 Å². The summed E-state index contributed by atoms with van der Waals surface area (Å²) in [7, 11) is 0. The lowest BCUT2D eigenvalue weighted by atomic mass is 10.2.